The van der Waals surface area contributed by atoms with Crippen LogP contribution in [-0.4, -0.2) is 37.7 Å². The summed E-state index contributed by atoms with van der Waals surface area (Å²) in [4.78, 5) is 2.10. The van der Waals surface area contributed by atoms with Gasteiger partial charge in [-0.25, -0.2) is 0 Å². The number of benzene rings is 1. The lowest BCUT2D eigenvalue weighted by Crippen LogP contribution is -2.25. The maximum absolute atomic E-state index is 8.63. The Morgan fingerprint density at radius 2 is 2.18 bits per heavy atom. The highest BCUT2D eigenvalue weighted by atomic mass is 16.5. The fourth-order valence-corrected chi connectivity index (χ4v) is 2.03. The molecule has 0 aromatic heterocycles. The van der Waals surface area contributed by atoms with Crippen molar-refractivity contribution in [3.05, 3.63) is 24.3 Å². The molecule has 0 N–H and O–H groups in total. The van der Waals surface area contributed by atoms with Crippen LogP contribution in [0.3, 0.4) is 0 Å². The first-order chi connectivity index (χ1) is 8.33. The summed E-state index contributed by atoms with van der Waals surface area (Å²) >= 11 is 0. The quantitative estimate of drug-likeness (QED) is 0.741. The van der Waals surface area contributed by atoms with Crippen molar-refractivity contribution >= 4 is 0 Å². The van der Waals surface area contributed by atoms with Crippen LogP contribution in [0, 0.1) is 11.3 Å². The Morgan fingerprint density at radius 3 is 2.88 bits per heavy atom. The molecule has 0 bridgehead atoms. The first-order valence-corrected chi connectivity index (χ1v) is 5.72. The van der Waals surface area contributed by atoms with E-state index in [1.54, 1.807) is 7.11 Å². The lowest BCUT2D eigenvalue weighted by atomic mass is 10.3. The third-order valence-corrected chi connectivity index (χ3v) is 2.89. The summed E-state index contributed by atoms with van der Waals surface area (Å²) in [6.07, 6.45) is 1.11. The molecular formula is C13H16N2O2. The zero-order valence-corrected chi connectivity index (χ0v) is 9.93. The number of nitriles is 1. The van der Waals surface area contributed by atoms with Crippen molar-refractivity contribution in [2.24, 2.45) is 0 Å². The van der Waals surface area contributed by atoms with Gasteiger partial charge in [-0.3, -0.25) is 4.90 Å². The van der Waals surface area contributed by atoms with Gasteiger partial charge in [0.15, 0.2) is 11.5 Å². The first kappa shape index (κ1) is 11.7. The van der Waals surface area contributed by atoms with Gasteiger partial charge in [0, 0.05) is 13.1 Å². The van der Waals surface area contributed by atoms with Crippen molar-refractivity contribution in [1.82, 2.24) is 4.90 Å². The van der Waals surface area contributed by atoms with E-state index in [0.717, 1.165) is 31.0 Å². The second kappa shape index (κ2) is 5.55. The van der Waals surface area contributed by atoms with Crippen LogP contribution in [0.1, 0.15) is 6.42 Å². The molecule has 1 aromatic carbocycles. The Balaban J connectivity index is 1.96. The van der Waals surface area contributed by atoms with E-state index >= 15 is 0 Å². The molecule has 4 heteroatoms. The van der Waals surface area contributed by atoms with Crippen molar-refractivity contribution in [2.45, 2.75) is 12.5 Å². The number of hydrogen-bond donors (Lipinski definition) is 0. The summed E-state index contributed by atoms with van der Waals surface area (Å²) in [5.41, 5.74) is 0. The van der Waals surface area contributed by atoms with Crippen LogP contribution in [0.25, 0.3) is 0 Å². The van der Waals surface area contributed by atoms with E-state index in [9.17, 15) is 0 Å². The van der Waals surface area contributed by atoms with Crippen LogP contribution in [0.5, 0.6) is 11.5 Å². The SMILES string of the molecule is COc1ccccc1OC1CCN(CC#N)C1. The molecule has 1 atom stereocenters. The van der Waals surface area contributed by atoms with Gasteiger partial charge >= 0.3 is 0 Å². The van der Waals surface area contributed by atoms with Gasteiger partial charge in [0.05, 0.1) is 19.7 Å². The van der Waals surface area contributed by atoms with Crippen molar-refractivity contribution in [3.63, 3.8) is 0 Å². The molecule has 17 heavy (non-hydrogen) atoms. The highest BCUT2D eigenvalue weighted by Crippen LogP contribution is 2.28. The highest BCUT2D eigenvalue weighted by Gasteiger charge is 2.24. The number of likely N-dealkylation sites (tertiary alicyclic amines) is 1. The van der Waals surface area contributed by atoms with Crippen LogP contribution in [0.2, 0.25) is 0 Å². The molecule has 0 aliphatic carbocycles. The van der Waals surface area contributed by atoms with Crippen molar-refractivity contribution in [3.8, 4) is 17.6 Å². The van der Waals surface area contributed by atoms with Crippen molar-refractivity contribution in [1.29, 1.82) is 5.26 Å². The van der Waals surface area contributed by atoms with Crippen LogP contribution >= 0.6 is 0 Å². The molecule has 1 heterocycles. The summed E-state index contributed by atoms with van der Waals surface area (Å²) in [5, 5.41) is 8.63. The van der Waals surface area contributed by atoms with Crippen molar-refractivity contribution < 1.29 is 9.47 Å². The number of hydrogen-bond acceptors (Lipinski definition) is 4. The van der Waals surface area contributed by atoms with Gasteiger partial charge in [0.2, 0.25) is 0 Å². The van der Waals surface area contributed by atoms with E-state index in [1.165, 1.54) is 0 Å². The summed E-state index contributed by atoms with van der Waals surface area (Å²) in [7, 11) is 1.64. The number of ether oxygens (including phenoxy) is 2. The molecule has 1 saturated heterocycles. The predicted molar refractivity (Wildman–Crippen MR) is 64.1 cm³/mol. The molecule has 4 nitrogen and oxygen atoms in total. The largest absolute Gasteiger partial charge is 0.493 e. The zero-order chi connectivity index (χ0) is 12.1. The minimum atomic E-state index is 0.152. The summed E-state index contributed by atoms with van der Waals surface area (Å²) in [5.74, 6) is 1.53. The summed E-state index contributed by atoms with van der Waals surface area (Å²) in [6.45, 7) is 2.21. The van der Waals surface area contributed by atoms with Gasteiger partial charge in [-0.2, -0.15) is 5.26 Å². The van der Waals surface area contributed by atoms with Crippen LogP contribution in [0.4, 0.5) is 0 Å². The normalized spacial score (nSPS) is 19.9. The molecule has 2 rings (SSSR count). The Morgan fingerprint density at radius 1 is 1.41 bits per heavy atom. The maximum atomic E-state index is 8.63. The third-order valence-electron chi connectivity index (χ3n) is 2.89. The smallest absolute Gasteiger partial charge is 0.161 e. The standard InChI is InChI=1S/C13H16N2O2/c1-16-12-4-2-3-5-13(12)17-11-6-8-15(10-11)9-7-14/h2-5,11H,6,8-10H2,1H3. The minimum absolute atomic E-state index is 0.152. The van der Waals surface area contributed by atoms with E-state index < -0.39 is 0 Å². The van der Waals surface area contributed by atoms with E-state index in [-0.39, 0.29) is 6.10 Å². The topological polar surface area (TPSA) is 45.5 Å². The molecule has 1 aromatic rings. The van der Waals surface area contributed by atoms with Gasteiger partial charge in [-0.1, -0.05) is 12.1 Å². The molecule has 0 saturated carbocycles. The second-order valence-electron chi connectivity index (χ2n) is 4.07. The summed E-state index contributed by atoms with van der Waals surface area (Å²) < 4.78 is 11.1. The van der Waals surface area contributed by atoms with Crippen LogP contribution in [0.15, 0.2) is 24.3 Å². The van der Waals surface area contributed by atoms with E-state index in [2.05, 4.69) is 11.0 Å². The first-order valence-electron chi connectivity index (χ1n) is 5.72. The Labute approximate surface area is 101 Å². The minimum Gasteiger partial charge on any atom is -0.493 e. The average molecular weight is 232 g/mol. The number of methoxy groups -OCH3 is 1. The number of nitrogens with zero attached hydrogens (tertiary/aromatic N) is 2. The Hall–Kier alpha value is -1.73. The lowest BCUT2D eigenvalue weighted by Gasteiger charge is -2.16. The van der Waals surface area contributed by atoms with Crippen LogP contribution in [-0.2, 0) is 0 Å². The molecule has 0 spiro atoms. The van der Waals surface area contributed by atoms with Gasteiger partial charge in [-0.15, -0.1) is 0 Å². The van der Waals surface area contributed by atoms with E-state index in [4.69, 9.17) is 14.7 Å². The fourth-order valence-electron chi connectivity index (χ4n) is 2.03. The fraction of sp³-hybridized carbons (Fsp3) is 0.462. The van der Waals surface area contributed by atoms with Gasteiger partial charge in [-0.05, 0) is 18.6 Å². The Bertz CT molecular complexity index is 414. The molecule has 1 fully saturated rings. The maximum Gasteiger partial charge on any atom is 0.161 e. The van der Waals surface area contributed by atoms with E-state index in [0.29, 0.717) is 6.54 Å². The molecule has 1 unspecified atom stereocenters. The van der Waals surface area contributed by atoms with Crippen LogP contribution < -0.4 is 9.47 Å². The Kier molecular flexibility index (Phi) is 3.84. The molecule has 1 aliphatic rings. The molecule has 0 radical (unpaired) electrons. The molecular weight excluding hydrogens is 216 g/mol. The monoisotopic (exact) mass is 232 g/mol. The number of rotatable bonds is 4. The molecule has 90 valence electrons. The van der Waals surface area contributed by atoms with E-state index in [1.807, 2.05) is 24.3 Å². The third kappa shape index (κ3) is 2.89. The lowest BCUT2D eigenvalue weighted by molar-refractivity contribution is 0.197. The van der Waals surface area contributed by atoms with Gasteiger partial charge in [0.25, 0.3) is 0 Å². The average Bonchev–Trinajstić information content (AvgIpc) is 2.78. The number of para-hydroxylation sites is 2. The molecule has 1 aliphatic heterocycles. The predicted octanol–water partition coefficient (Wildman–Crippen LogP) is 1.67. The van der Waals surface area contributed by atoms with Gasteiger partial charge < -0.3 is 9.47 Å². The van der Waals surface area contributed by atoms with Crippen molar-refractivity contribution in [2.75, 3.05) is 26.7 Å². The zero-order valence-electron chi connectivity index (χ0n) is 9.93. The second-order valence-corrected chi connectivity index (χ2v) is 4.07. The summed E-state index contributed by atoms with van der Waals surface area (Å²) in [6, 6.07) is 9.81. The van der Waals surface area contributed by atoms with Gasteiger partial charge in [0.1, 0.15) is 6.10 Å². The highest BCUT2D eigenvalue weighted by molar-refractivity contribution is 5.39. The molecule has 0 amide bonds.